The van der Waals surface area contributed by atoms with Crippen molar-refractivity contribution in [1.82, 2.24) is 24.6 Å². The van der Waals surface area contributed by atoms with E-state index < -0.39 is 0 Å². The van der Waals surface area contributed by atoms with E-state index in [1.807, 2.05) is 58.1 Å². The van der Waals surface area contributed by atoms with Crippen molar-refractivity contribution in [3.8, 4) is 17.3 Å². The number of rotatable bonds is 4. The van der Waals surface area contributed by atoms with Crippen LogP contribution in [-0.2, 0) is 13.0 Å². The maximum Gasteiger partial charge on any atom is 0.318 e. The van der Waals surface area contributed by atoms with E-state index in [2.05, 4.69) is 41.2 Å². The molecule has 1 atom stereocenters. The number of urea groups is 1. The molecule has 0 saturated heterocycles. The predicted octanol–water partition coefficient (Wildman–Crippen LogP) is 4.48. The minimum absolute atomic E-state index is 0.141. The van der Waals surface area contributed by atoms with Crippen LogP contribution < -0.4 is 10.1 Å². The lowest BCUT2D eigenvalue weighted by molar-refractivity contribution is 0.182. The van der Waals surface area contributed by atoms with Gasteiger partial charge in [-0.05, 0) is 48.4 Å². The van der Waals surface area contributed by atoms with Gasteiger partial charge in [-0.25, -0.2) is 9.48 Å². The molecule has 168 valence electrons. The molecular formula is C26H27N5O2. The number of amides is 2. The minimum Gasteiger partial charge on any atom is -0.497 e. The number of aromatic nitrogens is 3. The van der Waals surface area contributed by atoms with E-state index >= 15 is 0 Å². The molecule has 0 spiro atoms. The Hall–Kier alpha value is -4.00. The Balaban J connectivity index is 1.78. The summed E-state index contributed by atoms with van der Waals surface area (Å²) >= 11 is 0. The van der Waals surface area contributed by atoms with Crippen LogP contribution in [0.15, 0.2) is 72.9 Å². The summed E-state index contributed by atoms with van der Waals surface area (Å²) in [4.78, 5) is 15.1. The van der Waals surface area contributed by atoms with Crippen LogP contribution in [0.3, 0.4) is 0 Å². The molecule has 2 amide bonds. The standard InChI is InChI=1S/C26H27N5O2/c1-4-22-21-17-30(26(32)27-2)24(18-10-8-13-20(16-18)33-3)23-14-9-15-29(23)25(21)31(28-22)19-11-6-5-7-12-19/h5-16,24H,4,17H2,1-3H3,(H,27,32). The molecule has 0 saturated carbocycles. The monoisotopic (exact) mass is 441 g/mol. The molecule has 7 nitrogen and oxygen atoms in total. The van der Waals surface area contributed by atoms with Gasteiger partial charge in [-0.3, -0.25) is 0 Å². The van der Waals surface area contributed by atoms with Crippen molar-refractivity contribution in [1.29, 1.82) is 0 Å². The van der Waals surface area contributed by atoms with Crippen molar-refractivity contribution in [2.24, 2.45) is 0 Å². The second kappa shape index (κ2) is 8.50. The molecule has 5 rings (SSSR count). The van der Waals surface area contributed by atoms with Gasteiger partial charge in [0, 0.05) is 18.8 Å². The van der Waals surface area contributed by atoms with Gasteiger partial charge in [0.05, 0.1) is 36.8 Å². The molecule has 7 heteroatoms. The van der Waals surface area contributed by atoms with E-state index in [1.165, 1.54) is 0 Å². The molecule has 0 aliphatic carbocycles. The molecule has 0 fully saturated rings. The van der Waals surface area contributed by atoms with Gasteiger partial charge in [-0.2, -0.15) is 5.10 Å². The second-order valence-electron chi connectivity index (χ2n) is 8.02. The van der Waals surface area contributed by atoms with E-state index in [1.54, 1.807) is 14.2 Å². The Morgan fingerprint density at radius 1 is 1.12 bits per heavy atom. The van der Waals surface area contributed by atoms with Crippen molar-refractivity contribution < 1.29 is 9.53 Å². The van der Waals surface area contributed by atoms with Gasteiger partial charge in [0.15, 0.2) is 0 Å². The summed E-state index contributed by atoms with van der Waals surface area (Å²) in [5, 5.41) is 7.80. The minimum atomic E-state index is -0.295. The zero-order valence-electron chi connectivity index (χ0n) is 19.0. The Labute approximate surface area is 193 Å². The summed E-state index contributed by atoms with van der Waals surface area (Å²) < 4.78 is 9.65. The van der Waals surface area contributed by atoms with Crippen LogP contribution in [0.25, 0.3) is 11.5 Å². The quantitative estimate of drug-likeness (QED) is 0.508. The second-order valence-corrected chi connectivity index (χ2v) is 8.02. The lowest BCUT2D eigenvalue weighted by atomic mass is 10.0. The Bertz CT molecular complexity index is 1290. The Kier molecular flexibility index (Phi) is 5.38. The maximum absolute atomic E-state index is 13.2. The SMILES string of the molecule is CCc1nn(-c2ccccc2)c2c1CN(C(=O)NC)C(c1cccc(OC)c1)c1cccn1-2. The highest BCUT2D eigenvalue weighted by atomic mass is 16.5. The van der Waals surface area contributed by atoms with Gasteiger partial charge < -0.3 is 19.5 Å². The highest BCUT2D eigenvalue weighted by Crippen LogP contribution is 2.39. The number of benzene rings is 2. The summed E-state index contributed by atoms with van der Waals surface area (Å²) in [5.74, 6) is 1.73. The number of aryl methyl sites for hydroxylation is 1. The third-order valence-corrected chi connectivity index (χ3v) is 6.19. The number of nitrogens with one attached hydrogen (secondary N) is 1. The first-order valence-corrected chi connectivity index (χ1v) is 11.1. The molecule has 4 aromatic rings. The predicted molar refractivity (Wildman–Crippen MR) is 127 cm³/mol. The molecule has 3 heterocycles. The fourth-order valence-electron chi connectivity index (χ4n) is 4.65. The lowest BCUT2D eigenvalue weighted by Crippen LogP contribution is -2.40. The van der Waals surface area contributed by atoms with E-state index in [0.29, 0.717) is 6.54 Å². The number of carbonyl (C=O) groups excluding carboxylic acids is 1. The van der Waals surface area contributed by atoms with Gasteiger partial charge in [0.1, 0.15) is 11.6 Å². The van der Waals surface area contributed by atoms with Crippen LogP contribution in [0.4, 0.5) is 4.79 Å². The fraction of sp³-hybridized carbons (Fsp3) is 0.231. The molecule has 1 N–H and O–H groups in total. The largest absolute Gasteiger partial charge is 0.497 e. The zero-order valence-corrected chi connectivity index (χ0v) is 19.0. The average molecular weight is 442 g/mol. The van der Waals surface area contributed by atoms with E-state index in [9.17, 15) is 4.79 Å². The number of fused-ring (bicyclic) bond motifs is 3. The molecule has 1 aliphatic heterocycles. The van der Waals surface area contributed by atoms with E-state index in [-0.39, 0.29) is 12.1 Å². The highest BCUT2D eigenvalue weighted by Gasteiger charge is 2.36. The topological polar surface area (TPSA) is 64.3 Å². The highest BCUT2D eigenvalue weighted by molar-refractivity contribution is 5.75. The summed E-state index contributed by atoms with van der Waals surface area (Å²) in [6, 6.07) is 21.7. The smallest absolute Gasteiger partial charge is 0.318 e. The number of para-hydroxylation sites is 1. The summed E-state index contributed by atoms with van der Waals surface area (Å²) in [5.41, 5.74) is 4.99. The van der Waals surface area contributed by atoms with E-state index in [0.717, 1.165) is 46.2 Å². The number of hydrogen-bond acceptors (Lipinski definition) is 3. The van der Waals surface area contributed by atoms with Gasteiger partial charge in [-0.15, -0.1) is 0 Å². The number of ether oxygens (including phenoxy) is 1. The third-order valence-electron chi connectivity index (χ3n) is 6.19. The van der Waals surface area contributed by atoms with Crippen molar-refractivity contribution in [3.05, 3.63) is 95.4 Å². The molecule has 1 unspecified atom stereocenters. The van der Waals surface area contributed by atoms with Crippen LogP contribution in [0, 0.1) is 0 Å². The summed E-state index contributed by atoms with van der Waals surface area (Å²) in [6.07, 6.45) is 2.82. The molecule has 2 aromatic carbocycles. The molecule has 1 aliphatic rings. The molecule has 2 aromatic heterocycles. The van der Waals surface area contributed by atoms with Gasteiger partial charge >= 0.3 is 6.03 Å². The van der Waals surface area contributed by atoms with Gasteiger partial charge in [0.2, 0.25) is 0 Å². The number of hydrogen-bond donors (Lipinski definition) is 1. The van der Waals surface area contributed by atoms with Crippen LogP contribution in [0.1, 0.15) is 35.5 Å². The first-order chi connectivity index (χ1) is 16.2. The third kappa shape index (κ3) is 3.46. The van der Waals surface area contributed by atoms with Crippen molar-refractivity contribution in [2.75, 3.05) is 14.2 Å². The summed E-state index contributed by atoms with van der Waals surface area (Å²) in [7, 11) is 3.33. The van der Waals surface area contributed by atoms with Crippen molar-refractivity contribution in [3.63, 3.8) is 0 Å². The van der Waals surface area contributed by atoms with Crippen molar-refractivity contribution >= 4 is 6.03 Å². The Morgan fingerprint density at radius 2 is 1.94 bits per heavy atom. The number of methoxy groups -OCH3 is 1. The Morgan fingerprint density at radius 3 is 2.67 bits per heavy atom. The van der Waals surface area contributed by atoms with Crippen molar-refractivity contribution in [2.45, 2.75) is 25.9 Å². The van der Waals surface area contributed by atoms with Gasteiger partial charge in [-0.1, -0.05) is 37.3 Å². The first kappa shape index (κ1) is 20.9. The zero-order chi connectivity index (χ0) is 22.9. The summed E-state index contributed by atoms with van der Waals surface area (Å²) in [6.45, 7) is 2.54. The maximum atomic E-state index is 13.2. The van der Waals surface area contributed by atoms with Crippen LogP contribution in [-0.4, -0.2) is 39.4 Å². The number of nitrogens with zero attached hydrogens (tertiary/aromatic N) is 4. The fourth-order valence-corrected chi connectivity index (χ4v) is 4.65. The molecule has 0 bridgehead atoms. The molecule has 0 radical (unpaired) electrons. The lowest BCUT2D eigenvalue weighted by Gasteiger charge is -2.30. The van der Waals surface area contributed by atoms with Gasteiger partial charge in [0.25, 0.3) is 0 Å². The average Bonchev–Trinajstić information content (AvgIpc) is 3.45. The molecule has 33 heavy (non-hydrogen) atoms. The van der Waals surface area contributed by atoms with Crippen LogP contribution >= 0.6 is 0 Å². The normalized spacial score (nSPS) is 14.9. The van der Waals surface area contributed by atoms with E-state index in [4.69, 9.17) is 9.84 Å². The molecular weight excluding hydrogens is 414 g/mol. The van der Waals surface area contributed by atoms with Crippen LogP contribution in [0.2, 0.25) is 0 Å². The number of carbonyl (C=O) groups is 1. The first-order valence-electron chi connectivity index (χ1n) is 11.1. The van der Waals surface area contributed by atoms with Crippen LogP contribution in [0.5, 0.6) is 5.75 Å².